The Morgan fingerprint density at radius 2 is 2.07 bits per heavy atom. The normalized spacial score (nSPS) is 39.5. The van der Waals surface area contributed by atoms with Crippen LogP contribution in [0.3, 0.4) is 0 Å². The third-order valence-corrected chi connectivity index (χ3v) is 7.75. The molecule has 6 heteroatoms. The Labute approximate surface area is 171 Å². The molecule has 5 aliphatic rings. The van der Waals surface area contributed by atoms with Gasteiger partial charge in [0.05, 0.1) is 11.6 Å². The summed E-state index contributed by atoms with van der Waals surface area (Å²) in [6.45, 7) is 3.43. The quantitative estimate of drug-likeness (QED) is 0.795. The molecule has 5 nitrogen and oxygen atoms in total. The lowest BCUT2D eigenvalue weighted by Gasteiger charge is -2.58. The van der Waals surface area contributed by atoms with Crippen LogP contribution in [0.1, 0.15) is 45.4 Å². The molecule has 1 aromatic rings. The highest BCUT2D eigenvalue weighted by Crippen LogP contribution is 2.55. The van der Waals surface area contributed by atoms with Gasteiger partial charge in [-0.15, -0.1) is 0 Å². The van der Waals surface area contributed by atoms with Gasteiger partial charge in [-0.3, -0.25) is 9.69 Å². The van der Waals surface area contributed by atoms with Gasteiger partial charge in [0.1, 0.15) is 17.7 Å². The van der Waals surface area contributed by atoms with Crippen LogP contribution < -0.4 is 10.1 Å². The first-order valence-electron chi connectivity index (χ1n) is 11.1. The molecule has 158 valence electrons. The Balaban J connectivity index is 1.16. The van der Waals surface area contributed by atoms with Crippen molar-refractivity contribution in [2.45, 2.75) is 69.2 Å². The molecule has 0 radical (unpaired) electrons. The van der Waals surface area contributed by atoms with Crippen LogP contribution in [0, 0.1) is 23.6 Å². The minimum absolute atomic E-state index is 0.0255. The topological polar surface area (TPSA) is 61.8 Å². The Kier molecular flexibility index (Phi) is 4.82. The number of hydrogen-bond donors (Lipinski definition) is 2. The molecule has 4 atom stereocenters. The highest BCUT2D eigenvalue weighted by Gasteiger charge is 2.55. The van der Waals surface area contributed by atoms with E-state index in [9.17, 15) is 14.3 Å². The average Bonchev–Trinajstić information content (AvgIpc) is 3.11. The van der Waals surface area contributed by atoms with E-state index in [1.54, 1.807) is 12.1 Å². The third-order valence-electron chi connectivity index (χ3n) is 7.75. The molecular weight excluding hydrogens is 371 g/mol. The minimum atomic E-state index is -0.472. The fourth-order valence-corrected chi connectivity index (χ4v) is 6.60. The number of halogens is 1. The number of nitrogens with zero attached hydrogens (tertiary/aromatic N) is 1. The number of hydrogen-bond acceptors (Lipinski definition) is 4. The number of amides is 1. The first kappa shape index (κ1) is 19.3. The molecule has 1 aliphatic heterocycles. The number of nitrogens with one attached hydrogen (secondary N) is 1. The first-order valence-corrected chi connectivity index (χ1v) is 11.1. The number of rotatable bonds is 5. The predicted octanol–water partition coefficient (Wildman–Crippen LogP) is 2.72. The van der Waals surface area contributed by atoms with Crippen molar-refractivity contribution in [1.29, 1.82) is 0 Å². The Hall–Kier alpha value is -1.66. The maximum absolute atomic E-state index is 13.4. The third kappa shape index (κ3) is 3.77. The van der Waals surface area contributed by atoms with Gasteiger partial charge in [-0.2, -0.15) is 0 Å². The summed E-state index contributed by atoms with van der Waals surface area (Å²) in [5.41, 5.74) is -0.472. The maximum atomic E-state index is 13.4. The van der Waals surface area contributed by atoms with E-state index in [0.29, 0.717) is 30.0 Å². The van der Waals surface area contributed by atoms with Crippen molar-refractivity contribution < 1.29 is 19.0 Å². The van der Waals surface area contributed by atoms with Crippen molar-refractivity contribution >= 4 is 5.91 Å². The molecule has 4 saturated carbocycles. The van der Waals surface area contributed by atoms with Crippen LogP contribution in [0.5, 0.6) is 5.75 Å². The van der Waals surface area contributed by atoms with Gasteiger partial charge in [0.25, 0.3) is 0 Å². The molecule has 0 spiro atoms. The second-order valence-corrected chi connectivity index (χ2v) is 9.89. The van der Waals surface area contributed by atoms with Crippen molar-refractivity contribution in [3.63, 3.8) is 0 Å². The maximum Gasteiger partial charge on any atom is 0.237 e. The number of ether oxygens (including phenoxy) is 1. The van der Waals surface area contributed by atoms with Gasteiger partial charge in [0.2, 0.25) is 5.91 Å². The molecule has 4 aliphatic carbocycles. The number of likely N-dealkylation sites (tertiary alicyclic amines) is 1. The molecule has 1 saturated heterocycles. The number of carbonyl (C=O) groups excluding carboxylic acids is 1. The molecule has 1 heterocycles. The molecule has 5 fully saturated rings. The van der Waals surface area contributed by atoms with Gasteiger partial charge in [-0.05, 0) is 75.3 Å². The summed E-state index contributed by atoms with van der Waals surface area (Å²) in [5, 5.41) is 14.1. The molecule has 0 aromatic heterocycles. The van der Waals surface area contributed by atoms with Gasteiger partial charge in [-0.1, -0.05) is 6.07 Å². The fraction of sp³-hybridized carbons (Fsp3) is 0.696. The molecule has 29 heavy (non-hydrogen) atoms. The number of carbonyl (C=O) groups is 1. The monoisotopic (exact) mass is 402 g/mol. The van der Waals surface area contributed by atoms with Crippen molar-refractivity contribution in [3.05, 3.63) is 30.1 Å². The lowest BCUT2D eigenvalue weighted by molar-refractivity contribution is -0.148. The zero-order chi connectivity index (χ0) is 20.2. The van der Waals surface area contributed by atoms with Crippen LogP contribution in [-0.2, 0) is 4.79 Å². The molecular formula is C23H31FN2O3. The van der Waals surface area contributed by atoms with Crippen molar-refractivity contribution in [2.75, 3.05) is 13.1 Å². The number of benzene rings is 1. The largest absolute Gasteiger partial charge is 0.489 e. The van der Waals surface area contributed by atoms with Gasteiger partial charge >= 0.3 is 0 Å². The summed E-state index contributed by atoms with van der Waals surface area (Å²) >= 11 is 0. The van der Waals surface area contributed by atoms with Crippen molar-refractivity contribution in [1.82, 2.24) is 10.2 Å². The van der Waals surface area contributed by atoms with E-state index in [2.05, 4.69) is 10.2 Å². The second-order valence-electron chi connectivity index (χ2n) is 9.89. The van der Waals surface area contributed by atoms with Gasteiger partial charge in [0, 0.05) is 25.2 Å². The van der Waals surface area contributed by atoms with Crippen LogP contribution in [0.2, 0.25) is 0 Å². The fourth-order valence-electron chi connectivity index (χ4n) is 6.60. The molecule has 6 rings (SSSR count). The van der Waals surface area contributed by atoms with Crippen molar-refractivity contribution in [2.24, 2.45) is 17.8 Å². The van der Waals surface area contributed by atoms with Gasteiger partial charge in [-0.25, -0.2) is 4.39 Å². The summed E-state index contributed by atoms with van der Waals surface area (Å²) in [6.07, 6.45) is 5.73. The highest BCUT2D eigenvalue weighted by molar-refractivity contribution is 5.81. The summed E-state index contributed by atoms with van der Waals surface area (Å²) in [7, 11) is 0. The summed E-state index contributed by atoms with van der Waals surface area (Å²) in [5.74, 6) is 1.81. The second kappa shape index (κ2) is 7.24. The molecule has 1 amide bonds. The van der Waals surface area contributed by atoms with Crippen LogP contribution in [0.4, 0.5) is 4.39 Å². The standard InChI is InChI=1S/C23H31FN2O3/c1-14(26-6-5-20(13-26)29-19-4-2-3-18(24)9-19)22(27)25-21-16-7-15-8-17(21)12-23(28,10-15)11-16/h2-4,9,14-17,20-21,28H,5-8,10-13H2,1H3,(H,25,27). The number of aliphatic hydroxyl groups is 1. The summed E-state index contributed by atoms with van der Waals surface area (Å²) in [4.78, 5) is 15.2. The van der Waals surface area contributed by atoms with Crippen LogP contribution in [-0.4, -0.2) is 52.8 Å². The molecule has 4 unspecified atom stereocenters. The van der Waals surface area contributed by atoms with E-state index < -0.39 is 5.60 Å². The lowest BCUT2D eigenvalue weighted by atomic mass is 9.52. The first-order chi connectivity index (χ1) is 13.9. The van der Waals surface area contributed by atoms with Crippen LogP contribution in [0.25, 0.3) is 0 Å². The van der Waals surface area contributed by atoms with Crippen molar-refractivity contribution in [3.8, 4) is 5.75 Å². The van der Waals surface area contributed by atoms with E-state index in [4.69, 9.17) is 4.74 Å². The van der Waals surface area contributed by atoms with E-state index in [1.807, 2.05) is 6.92 Å². The summed E-state index contributed by atoms with van der Waals surface area (Å²) in [6, 6.07) is 6.22. The van der Waals surface area contributed by atoms with Crippen LogP contribution in [0.15, 0.2) is 24.3 Å². The molecule has 1 aromatic carbocycles. The van der Waals surface area contributed by atoms with Gasteiger partial charge in [0.15, 0.2) is 0 Å². The Bertz CT molecular complexity index is 771. The summed E-state index contributed by atoms with van der Waals surface area (Å²) < 4.78 is 19.3. The van der Waals surface area contributed by atoms with Gasteiger partial charge < -0.3 is 15.2 Å². The van der Waals surface area contributed by atoms with E-state index in [-0.39, 0.29) is 29.9 Å². The molecule has 4 bridgehead atoms. The average molecular weight is 403 g/mol. The van der Waals surface area contributed by atoms with Crippen LogP contribution >= 0.6 is 0 Å². The zero-order valence-corrected chi connectivity index (χ0v) is 17.0. The smallest absolute Gasteiger partial charge is 0.237 e. The minimum Gasteiger partial charge on any atom is -0.489 e. The Morgan fingerprint density at radius 1 is 1.31 bits per heavy atom. The molecule has 2 N–H and O–H groups in total. The Morgan fingerprint density at radius 3 is 2.76 bits per heavy atom. The lowest BCUT2D eigenvalue weighted by Crippen LogP contribution is -2.63. The van der Waals surface area contributed by atoms with E-state index in [1.165, 1.54) is 12.1 Å². The van der Waals surface area contributed by atoms with E-state index >= 15 is 0 Å². The SMILES string of the molecule is CC(C(=O)NC1C2CC3CC1CC(O)(C3)C2)N1CCC(Oc2cccc(F)c2)C1. The zero-order valence-electron chi connectivity index (χ0n) is 17.0. The highest BCUT2D eigenvalue weighted by atomic mass is 19.1. The van der Waals surface area contributed by atoms with E-state index in [0.717, 1.165) is 45.1 Å². The predicted molar refractivity (Wildman–Crippen MR) is 107 cm³/mol.